The first-order valence-electron chi connectivity index (χ1n) is 4.39. The summed E-state index contributed by atoms with van der Waals surface area (Å²) in [5.74, 6) is -3.52. The van der Waals surface area contributed by atoms with Crippen molar-refractivity contribution in [2.75, 3.05) is 0 Å². The van der Waals surface area contributed by atoms with Crippen LogP contribution < -0.4 is 0 Å². The van der Waals surface area contributed by atoms with Crippen LogP contribution in [-0.2, 0) is 9.47 Å². The minimum atomic E-state index is -5.00. The van der Waals surface area contributed by atoms with Crippen molar-refractivity contribution in [3.63, 3.8) is 0 Å². The highest BCUT2D eigenvalue weighted by molar-refractivity contribution is 5.63. The van der Waals surface area contributed by atoms with Gasteiger partial charge in [0.15, 0.2) is 0 Å². The number of hydrogen-bond acceptors (Lipinski definition) is 3. The lowest BCUT2D eigenvalue weighted by atomic mass is 10.4. The highest BCUT2D eigenvalue weighted by atomic mass is 19.4. The average Bonchev–Trinajstić information content (AvgIpc) is 2.19. The standard InChI is InChI=1S/C9H8F6O3/c1-3-5(8(10,11)12)17-7(16)18-6(4-2)9(13,14)15/h3-4H,1-2H3. The quantitative estimate of drug-likeness (QED) is 0.434. The molecule has 0 fully saturated rings. The second kappa shape index (κ2) is 5.78. The maximum atomic E-state index is 12.1. The van der Waals surface area contributed by atoms with E-state index >= 15 is 0 Å². The van der Waals surface area contributed by atoms with Crippen molar-refractivity contribution in [3.05, 3.63) is 23.7 Å². The fourth-order valence-corrected chi connectivity index (χ4v) is 0.761. The lowest BCUT2D eigenvalue weighted by Gasteiger charge is -2.13. The number of halogens is 6. The zero-order valence-electron chi connectivity index (χ0n) is 9.15. The maximum absolute atomic E-state index is 12.1. The van der Waals surface area contributed by atoms with Gasteiger partial charge in [-0.05, 0) is 26.0 Å². The number of rotatable bonds is 2. The predicted octanol–water partition coefficient (Wildman–Crippen LogP) is 4.07. The van der Waals surface area contributed by atoms with Gasteiger partial charge < -0.3 is 9.47 Å². The molecule has 0 bridgehead atoms. The zero-order valence-corrected chi connectivity index (χ0v) is 9.15. The van der Waals surface area contributed by atoms with Crippen LogP contribution in [0.25, 0.3) is 0 Å². The Labute approximate surface area is 97.7 Å². The molecule has 0 unspecified atom stereocenters. The fraction of sp³-hybridized carbons (Fsp3) is 0.444. The third-order valence-electron chi connectivity index (χ3n) is 1.47. The van der Waals surface area contributed by atoms with E-state index < -0.39 is 30.0 Å². The molecule has 0 aromatic rings. The minimum Gasteiger partial charge on any atom is -0.390 e. The SMILES string of the molecule is CC=C(OC(=O)OC(=CC)C(F)(F)F)C(F)(F)F. The lowest BCUT2D eigenvalue weighted by Crippen LogP contribution is -2.22. The van der Waals surface area contributed by atoms with Crippen LogP contribution in [0, 0.1) is 0 Å². The van der Waals surface area contributed by atoms with Crippen LogP contribution >= 0.6 is 0 Å². The van der Waals surface area contributed by atoms with E-state index in [-0.39, 0.29) is 0 Å². The van der Waals surface area contributed by atoms with E-state index in [1.807, 2.05) is 0 Å². The summed E-state index contributed by atoms with van der Waals surface area (Å²) < 4.78 is 79.8. The van der Waals surface area contributed by atoms with Crippen LogP contribution in [0.5, 0.6) is 0 Å². The first-order chi connectivity index (χ1) is 8.02. The van der Waals surface area contributed by atoms with Crippen molar-refractivity contribution in [2.24, 2.45) is 0 Å². The number of ether oxygens (including phenoxy) is 2. The van der Waals surface area contributed by atoms with E-state index in [2.05, 4.69) is 9.47 Å². The minimum absolute atomic E-state index is 0.379. The van der Waals surface area contributed by atoms with Crippen molar-refractivity contribution in [2.45, 2.75) is 26.2 Å². The van der Waals surface area contributed by atoms with Crippen LogP contribution in [0.1, 0.15) is 13.8 Å². The first-order valence-corrected chi connectivity index (χ1v) is 4.39. The highest BCUT2D eigenvalue weighted by Crippen LogP contribution is 2.29. The lowest BCUT2D eigenvalue weighted by molar-refractivity contribution is -0.137. The summed E-state index contributed by atoms with van der Waals surface area (Å²) in [6.07, 6.45) is -11.4. The molecule has 9 heteroatoms. The van der Waals surface area contributed by atoms with Crippen molar-refractivity contribution >= 4 is 6.16 Å². The monoisotopic (exact) mass is 278 g/mol. The molecule has 0 rings (SSSR count). The molecule has 0 aliphatic rings. The molecule has 0 aliphatic heterocycles. The molecular weight excluding hydrogens is 270 g/mol. The number of carbonyl (C=O) groups is 1. The van der Waals surface area contributed by atoms with Gasteiger partial charge in [-0.3, -0.25) is 0 Å². The molecule has 0 heterocycles. The number of allylic oxidation sites excluding steroid dienone is 4. The van der Waals surface area contributed by atoms with Gasteiger partial charge >= 0.3 is 18.5 Å². The Hall–Kier alpha value is -1.67. The Balaban J connectivity index is 4.73. The average molecular weight is 278 g/mol. The Bertz CT molecular complexity index is 329. The number of hydrogen-bond donors (Lipinski definition) is 0. The zero-order chi connectivity index (χ0) is 14.6. The number of alkyl halides is 6. The smallest absolute Gasteiger partial charge is 0.390 e. The van der Waals surface area contributed by atoms with Gasteiger partial charge in [-0.15, -0.1) is 0 Å². The van der Waals surface area contributed by atoms with Gasteiger partial charge in [0.1, 0.15) is 0 Å². The van der Waals surface area contributed by atoms with Crippen LogP contribution in [0.2, 0.25) is 0 Å². The van der Waals surface area contributed by atoms with Gasteiger partial charge in [0.25, 0.3) is 0 Å². The predicted molar refractivity (Wildman–Crippen MR) is 47.2 cm³/mol. The molecule has 0 aromatic carbocycles. The number of carbonyl (C=O) groups excluding carboxylic acids is 1. The second-order valence-electron chi connectivity index (χ2n) is 2.76. The Morgan fingerprint density at radius 3 is 1.28 bits per heavy atom. The van der Waals surface area contributed by atoms with Gasteiger partial charge in [0, 0.05) is 0 Å². The summed E-state index contributed by atoms with van der Waals surface area (Å²) in [6, 6.07) is 0. The Morgan fingerprint density at radius 2 is 1.11 bits per heavy atom. The van der Waals surface area contributed by atoms with E-state index in [1.54, 1.807) is 0 Å². The van der Waals surface area contributed by atoms with Gasteiger partial charge in [0.05, 0.1) is 0 Å². The van der Waals surface area contributed by atoms with Gasteiger partial charge in [-0.25, -0.2) is 4.79 Å². The Kier molecular flexibility index (Phi) is 5.25. The second-order valence-corrected chi connectivity index (χ2v) is 2.76. The molecule has 0 amide bonds. The molecular formula is C9H8F6O3. The molecule has 0 saturated carbocycles. The highest BCUT2D eigenvalue weighted by Gasteiger charge is 2.40. The van der Waals surface area contributed by atoms with E-state index in [1.165, 1.54) is 0 Å². The largest absolute Gasteiger partial charge is 0.519 e. The molecule has 0 radical (unpaired) electrons. The molecule has 0 saturated heterocycles. The van der Waals surface area contributed by atoms with E-state index in [0.717, 1.165) is 13.8 Å². The molecule has 0 spiro atoms. The first kappa shape index (κ1) is 16.3. The molecule has 0 atom stereocenters. The van der Waals surface area contributed by atoms with Gasteiger partial charge in [-0.1, -0.05) is 0 Å². The fourth-order valence-electron chi connectivity index (χ4n) is 0.761. The molecule has 0 N–H and O–H groups in total. The van der Waals surface area contributed by atoms with Crippen LogP contribution in [-0.4, -0.2) is 18.5 Å². The van der Waals surface area contributed by atoms with Crippen LogP contribution in [0.4, 0.5) is 31.1 Å². The summed E-state index contributed by atoms with van der Waals surface area (Å²) >= 11 is 0. The summed E-state index contributed by atoms with van der Waals surface area (Å²) in [7, 11) is 0. The van der Waals surface area contributed by atoms with Gasteiger partial charge in [0.2, 0.25) is 11.5 Å². The molecule has 104 valence electrons. The van der Waals surface area contributed by atoms with Crippen LogP contribution in [0.15, 0.2) is 23.7 Å². The summed E-state index contributed by atoms with van der Waals surface area (Å²) in [5, 5.41) is 0. The molecule has 18 heavy (non-hydrogen) atoms. The molecule has 0 aliphatic carbocycles. The van der Waals surface area contributed by atoms with Crippen molar-refractivity contribution in [3.8, 4) is 0 Å². The topological polar surface area (TPSA) is 35.5 Å². The van der Waals surface area contributed by atoms with E-state index in [0.29, 0.717) is 12.2 Å². The molecule has 3 nitrogen and oxygen atoms in total. The van der Waals surface area contributed by atoms with Crippen LogP contribution in [0.3, 0.4) is 0 Å². The van der Waals surface area contributed by atoms with Gasteiger partial charge in [-0.2, -0.15) is 26.3 Å². The maximum Gasteiger partial charge on any atom is 0.519 e. The molecule has 0 aromatic heterocycles. The third kappa shape index (κ3) is 5.11. The Morgan fingerprint density at radius 1 is 0.833 bits per heavy atom. The van der Waals surface area contributed by atoms with Crippen molar-refractivity contribution in [1.82, 2.24) is 0 Å². The van der Waals surface area contributed by atoms with E-state index in [9.17, 15) is 31.1 Å². The summed E-state index contributed by atoms with van der Waals surface area (Å²) in [6.45, 7) is 1.80. The normalized spacial score (nSPS) is 14.4. The third-order valence-corrected chi connectivity index (χ3v) is 1.47. The van der Waals surface area contributed by atoms with E-state index in [4.69, 9.17) is 0 Å². The summed E-state index contributed by atoms with van der Waals surface area (Å²) in [4.78, 5) is 10.7. The van der Waals surface area contributed by atoms with Crippen molar-refractivity contribution < 1.29 is 40.6 Å². The van der Waals surface area contributed by atoms with Crippen molar-refractivity contribution in [1.29, 1.82) is 0 Å². The summed E-state index contributed by atoms with van der Waals surface area (Å²) in [5.41, 5.74) is 0.